The van der Waals surface area contributed by atoms with E-state index in [2.05, 4.69) is 11.4 Å². The van der Waals surface area contributed by atoms with E-state index in [4.69, 9.17) is 9.47 Å². The fraction of sp³-hybridized carbons (Fsp3) is 0.867. The maximum atomic E-state index is 5.96. The van der Waals surface area contributed by atoms with Gasteiger partial charge in [0.1, 0.15) is 0 Å². The van der Waals surface area contributed by atoms with Crippen molar-refractivity contribution < 1.29 is 9.47 Å². The Kier molecular flexibility index (Phi) is 4.02. The van der Waals surface area contributed by atoms with Crippen LogP contribution in [0.1, 0.15) is 44.9 Å². The lowest BCUT2D eigenvalue weighted by molar-refractivity contribution is -0.0891. The van der Waals surface area contributed by atoms with Crippen LogP contribution in [-0.2, 0) is 9.47 Å². The van der Waals surface area contributed by atoms with E-state index in [1.165, 1.54) is 25.7 Å². The summed E-state index contributed by atoms with van der Waals surface area (Å²) in [6.07, 6.45) is 11.0. The van der Waals surface area contributed by atoms with Crippen LogP contribution in [0, 0.1) is 0 Å². The molecule has 3 rings (SSSR count). The molecule has 2 aliphatic heterocycles. The molecule has 0 saturated carbocycles. The average molecular weight is 251 g/mol. The van der Waals surface area contributed by atoms with E-state index < -0.39 is 0 Å². The number of allylic oxidation sites excluding steroid dienone is 1. The molecular weight excluding hydrogens is 226 g/mol. The second kappa shape index (κ2) is 5.72. The summed E-state index contributed by atoms with van der Waals surface area (Å²) in [5.41, 5.74) is 1.70. The van der Waals surface area contributed by atoms with Gasteiger partial charge in [-0.15, -0.1) is 0 Å². The topological polar surface area (TPSA) is 30.5 Å². The Morgan fingerprint density at radius 3 is 3.17 bits per heavy atom. The molecule has 2 saturated heterocycles. The number of hydrogen-bond acceptors (Lipinski definition) is 3. The van der Waals surface area contributed by atoms with Crippen molar-refractivity contribution in [1.29, 1.82) is 0 Å². The van der Waals surface area contributed by atoms with Gasteiger partial charge < -0.3 is 14.8 Å². The van der Waals surface area contributed by atoms with Crippen LogP contribution < -0.4 is 5.32 Å². The molecule has 0 aromatic heterocycles. The predicted molar refractivity (Wildman–Crippen MR) is 71.7 cm³/mol. The SMILES string of the molecule is C1=C(CCNC2CCOC3(CCOC3)C2)CCC1. The van der Waals surface area contributed by atoms with E-state index in [-0.39, 0.29) is 5.60 Å². The van der Waals surface area contributed by atoms with Gasteiger partial charge in [0.2, 0.25) is 0 Å². The molecule has 0 aromatic rings. The van der Waals surface area contributed by atoms with Gasteiger partial charge in [0.25, 0.3) is 0 Å². The zero-order valence-electron chi connectivity index (χ0n) is 11.2. The van der Waals surface area contributed by atoms with Gasteiger partial charge in [-0.2, -0.15) is 0 Å². The van der Waals surface area contributed by atoms with Gasteiger partial charge in [-0.25, -0.2) is 0 Å². The molecule has 3 aliphatic rings. The fourth-order valence-electron chi connectivity index (χ4n) is 3.47. The van der Waals surface area contributed by atoms with E-state index >= 15 is 0 Å². The summed E-state index contributed by atoms with van der Waals surface area (Å²) in [4.78, 5) is 0. The number of rotatable bonds is 4. The first-order valence-corrected chi connectivity index (χ1v) is 7.49. The zero-order chi connectivity index (χ0) is 12.3. The molecule has 3 heteroatoms. The second-order valence-corrected chi connectivity index (χ2v) is 5.98. The van der Waals surface area contributed by atoms with Gasteiger partial charge >= 0.3 is 0 Å². The molecule has 1 spiro atoms. The van der Waals surface area contributed by atoms with Gasteiger partial charge in [0.05, 0.1) is 12.2 Å². The van der Waals surface area contributed by atoms with E-state index in [1.54, 1.807) is 5.57 Å². The Morgan fingerprint density at radius 1 is 1.39 bits per heavy atom. The lowest BCUT2D eigenvalue weighted by atomic mass is 9.89. The molecule has 2 atom stereocenters. The first-order valence-electron chi connectivity index (χ1n) is 7.49. The minimum absolute atomic E-state index is 0.0442. The van der Waals surface area contributed by atoms with Crippen LogP contribution in [0.25, 0.3) is 0 Å². The van der Waals surface area contributed by atoms with Crippen LogP contribution in [0.3, 0.4) is 0 Å². The second-order valence-electron chi connectivity index (χ2n) is 5.98. The average Bonchev–Trinajstić information content (AvgIpc) is 3.02. The summed E-state index contributed by atoms with van der Waals surface area (Å²) in [5.74, 6) is 0. The molecular formula is C15H25NO2. The number of ether oxygens (including phenoxy) is 2. The normalized spacial score (nSPS) is 36.2. The third-order valence-corrected chi connectivity index (χ3v) is 4.57. The van der Waals surface area contributed by atoms with Crippen molar-refractivity contribution in [2.24, 2.45) is 0 Å². The van der Waals surface area contributed by atoms with Gasteiger partial charge in [-0.05, 0) is 45.1 Å². The quantitative estimate of drug-likeness (QED) is 0.778. The Balaban J connectivity index is 1.42. The minimum atomic E-state index is 0.0442. The van der Waals surface area contributed by atoms with Crippen LogP contribution >= 0.6 is 0 Å². The maximum Gasteiger partial charge on any atom is 0.0951 e. The van der Waals surface area contributed by atoms with Crippen molar-refractivity contribution in [2.45, 2.75) is 56.6 Å². The summed E-state index contributed by atoms with van der Waals surface area (Å²) in [5, 5.41) is 3.72. The van der Waals surface area contributed by atoms with E-state index in [9.17, 15) is 0 Å². The number of nitrogens with one attached hydrogen (secondary N) is 1. The van der Waals surface area contributed by atoms with Crippen molar-refractivity contribution >= 4 is 0 Å². The highest BCUT2D eigenvalue weighted by atomic mass is 16.6. The van der Waals surface area contributed by atoms with Crippen LogP contribution in [0.2, 0.25) is 0 Å². The van der Waals surface area contributed by atoms with Crippen molar-refractivity contribution in [1.82, 2.24) is 5.32 Å². The molecule has 0 aromatic carbocycles. The minimum Gasteiger partial charge on any atom is -0.378 e. The highest BCUT2D eigenvalue weighted by Crippen LogP contribution is 2.32. The Labute approximate surface area is 110 Å². The summed E-state index contributed by atoms with van der Waals surface area (Å²) in [7, 11) is 0. The van der Waals surface area contributed by atoms with Crippen molar-refractivity contribution in [3.63, 3.8) is 0 Å². The molecule has 3 nitrogen and oxygen atoms in total. The lowest BCUT2D eigenvalue weighted by Gasteiger charge is -2.37. The lowest BCUT2D eigenvalue weighted by Crippen LogP contribution is -2.47. The van der Waals surface area contributed by atoms with Crippen molar-refractivity contribution in [3.8, 4) is 0 Å². The zero-order valence-corrected chi connectivity index (χ0v) is 11.2. The fourth-order valence-corrected chi connectivity index (χ4v) is 3.47. The molecule has 0 amide bonds. The molecule has 2 heterocycles. The molecule has 2 unspecified atom stereocenters. The van der Waals surface area contributed by atoms with Gasteiger partial charge in [-0.1, -0.05) is 11.6 Å². The summed E-state index contributed by atoms with van der Waals surface area (Å²) < 4.78 is 11.5. The van der Waals surface area contributed by atoms with Crippen LogP contribution in [0.4, 0.5) is 0 Å². The predicted octanol–water partition coefficient (Wildman–Crippen LogP) is 2.41. The highest BCUT2D eigenvalue weighted by molar-refractivity contribution is 5.07. The molecule has 1 aliphatic carbocycles. The Morgan fingerprint density at radius 2 is 2.39 bits per heavy atom. The number of hydrogen-bond donors (Lipinski definition) is 1. The maximum absolute atomic E-state index is 5.96. The third kappa shape index (κ3) is 2.95. The molecule has 2 fully saturated rings. The largest absolute Gasteiger partial charge is 0.378 e. The molecule has 0 bridgehead atoms. The van der Waals surface area contributed by atoms with Crippen molar-refractivity contribution in [2.75, 3.05) is 26.4 Å². The standard InChI is InChI=1S/C15H25NO2/c1-2-4-13(3-1)5-8-16-14-6-9-18-15(11-14)7-10-17-12-15/h3,14,16H,1-2,4-12H2. The molecule has 102 valence electrons. The van der Waals surface area contributed by atoms with Gasteiger partial charge in [0.15, 0.2) is 0 Å². The third-order valence-electron chi connectivity index (χ3n) is 4.57. The molecule has 18 heavy (non-hydrogen) atoms. The van der Waals surface area contributed by atoms with Gasteiger partial charge in [0, 0.05) is 25.7 Å². The van der Waals surface area contributed by atoms with Crippen LogP contribution in [0.5, 0.6) is 0 Å². The van der Waals surface area contributed by atoms with Gasteiger partial charge in [-0.3, -0.25) is 0 Å². The monoisotopic (exact) mass is 251 g/mol. The summed E-state index contributed by atoms with van der Waals surface area (Å²) >= 11 is 0. The first-order chi connectivity index (χ1) is 8.86. The van der Waals surface area contributed by atoms with E-state index in [0.717, 1.165) is 45.6 Å². The van der Waals surface area contributed by atoms with Crippen LogP contribution in [-0.4, -0.2) is 38.0 Å². The Bertz CT molecular complexity index is 308. The summed E-state index contributed by atoms with van der Waals surface area (Å²) in [6, 6.07) is 0.627. The Hall–Kier alpha value is -0.380. The molecule has 1 N–H and O–H groups in total. The van der Waals surface area contributed by atoms with Crippen molar-refractivity contribution in [3.05, 3.63) is 11.6 Å². The molecule has 0 radical (unpaired) electrons. The first kappa shape index (κ1) is 12.6. The van der Waals surface area contributed by atoms with Crippen LogP contribution in [0.15, 0.2) is 11.6 Å². The smallest absolute Gasteiger partial charge is 0.0951 e. The highest BCUT2D eigenvalue weighted by Gasteiger charge is 2.40. The summed E-state index contributed by atoms with van der Waals surface area (Å²) in [6.45, 7) is 3.70. The van der Waals surface area contributed by atoms with E-state index in [0.29, 0.717) is 6.04 Å². The van der Waals surface area contributed by atoms with E-state index in [1.807, 2.05) is 0 Å².